The molecule has 2 amide bonds. The molecule has 0 radical (unpaired) electrons. The summed E-state index contributed by atoms with van der Waals surface area (Å²) in [5.74, 6) is 0.339. The number of carbonyl (C=O) groups excluding carboxylic acids is 2. The number of amides is 2. The average Bonchev–Trinajstić information content (AvgIpc) is 3.31. The van der Waals surface area contributed by atoms with E-state index in [4.69, 9.17) is 0 Å². The van der Waals surface area contributed by atoms with Gasteiger partial charge in [-0.3, -0.25) is 19.7 Å². The Balaban J connectivity index is 0.00000261. The van der Waals surface area contributed by atoms with E-state index < -0.39 is 11.0 Å². The summed E-state index contributed by atoms with van der Waals surface area (Å²) in [4.78, 5) is 39.8. The fourth-order valence-electron chi connectivity index (χ4n) is 3.81. The van der Waals surface area contributed by atoms with Crippen LogP contribution in [0, 0.1) is 16.0 Å². The lowest BCUT2D eigenvalue weighted by atomic mass is 9.96. The van der Waals surface area contributed by atoms with E-state index in [0.29, 0.717) is 23.8 Å². The van der Waals surface area contributed by atoms with Gasteiger partial charge in [-0.15, -0.1) is 12.4 Å². The summed E-state index contributed by atoms with van der Waals surface area (Å²) in [5, 5.41) is 14.0. The Hall–Kier alpha value is -1.71. The summed E-state index contributed by atoms with van der Waals surface area (Å²) in [5.41, 5.74) is 0. The van der Waals surface area contributed by atoms with Crippen LogP contribution in [0.25, 0.3) is 0 Å². The van der Waals surface area contributed by atoms with Crippen LogP contribution in [0.4, 0.5) is 5.00 Å². The lowest BCUT2D eigenvalue weighted by Gasteiger charge is -2.35. The van der Waals surface area contributed by atoms with Crippen LogP contribution in [0.5, 0.6) is 0 Å². The Labute approximate surface area is 168 Å². The summed E-state index contributed by atoms with van der Waals surface area (Å²) >= 11 is 0.869. The number of hydrogen-bond acceptors (Lipinski definition) is 6. The highest BCUT2D eigenvalue weighted by atomic mass is 35.5. The second-order valence-electron chi connectivity index (χ2n) is 6.88. The fraction of sp³-hybridized carbons (Fsp3) is 0.647. The number of rotatable bonds is 5. The molecule has 1 atom stereocenters. The minimum absolute atomic E-state index is 0. The van der Waals surface area contributed by atoms with Crippen LogP contribution in [0.3, 0.4) is 0 Å². The van der Waals surface area contributed by atoms with Crippen molar-refractivity contribution in [2.45, 2.75) is 31.7 Å². The molecule has 0 bridgehead atoms. The van der Waals surface area contributed by atoms with Crippen molar-refractivity contribution in [2.24, 2.45) is 5.92 Å². The van der Waals surface area contributed by atoms with Crippen LogP contribution in [0.1, 0.15) is 35.4 Å². The molecule has 150 valence electrons. The maximum atomic E-state index is 12.9. The number of thiophene rings is 1. The zero-order valence-electron chi connectivity index (χ0n) is 15.3. The van der Waals surface area contributed by atoms with Crippen molar-refractivity contribution in [1.29, 1.82) is 0 Å². The minimum Gasteiger partial charge on any atom is -0.341 e. The van der Waals surface area contributed by atoms with Crippen molar-refractivity contribution >= 4 is 40.6 Å². The molecule has 2 saturated heterocycles. The molecular weight excluding hydrogens is 392 g/mol. The van der Waals surface area contributed by atoms with Crippen molar-refractivity contribution in [3.63, 3.8) is 0 Å². The van der Waals surface area contributed by atoms with E-state index in [0.717, 1.165) is 50.2 Å². The van der Waals surface area contributed by atoms with Gasteiger partial charge in [0.15, 0.2) is 0 Å². The lowest BCUT2D eigenvalue weighted by Crippen LogP contribution is -2.50. The van der Waals surface area contributed by atoms with E-state index in [-0.39, 0.29) is 29.2 Å². The SMILES string of the molecule is CNCC1CCN(C(=O)C2CCCN2C(=O)c2ccc([N+](=O)[O-])s2)CC1.Cl. The zero-order chi connectivity index (χ0) is 18.7. The van der Waals surface area contributed by atoms with E-state index >= 15 is 0 Å². The number of halogens is 1. The van der Waals surface area contributed by atoms with Crippen molar-refractivity contribution in [2.75, 3.05) is 33.2 Å². The third-order valence-corrected chi connectivity index (χ3v) is 6.23. The third-order valence-electron chi connectivity index (χ3n) is 5.20. The first-order chi connectivity index (χ1) is 12.5. The van der Waals surface area contributed by atoms with E-state index in [1.165, 1.54) is 12.1 Å². The highest BCUT2D eigenvalue weighted by Gasteiger charge is 2.38. The molecule has 0 aromatic carbocycles. The van der Waals surface area contributed by atoms with E-state index in [1.807, 2.05) is 11.9 Å². The molecular formula is C17H25ClN4O4S. The molecule has 2 aliphatic rings. The molecule has 27 heavy (non-hydrogen) atoms. The Morgan fingerprint density at radius 1 is 1.26 bits per heavy atom. The summed E-state index contributed by atoms with van der Waals surface area (Å²) in [6.45, 7) is 2.95. The van der Waals surface area contributed by atoms with E-state index in [9.17, 15) is 19.7 Å². The second kappa shape index (κ2) is 9.48. The molecule has 1 aromatic rings. The van der Waals surface area contributed by atoms with Gasteiger partial charge in [-0.1, -0.05) is 11.3 Å². The van der Waals surface area contributed by atoms with Crippen LogP contribution in [-0.4, -0.2) is 65.8 Å². The average molecular weight is 417 g/mol. The molecule has 0 saturated carbocycles. The van der Waals surface area contributed by atoms with Gasteiger partial charge in [0.05, 0.1) is 9.80 Å². The molecule has 1 N–H and O–H groups in total. The molecule has 0 spiro atoms. The van der Waals surface area contributed by atoms with Gasteiger partial charge in [0, 0.05) is 25.7 Å². The first-order valence-corrected chi connectivity index (χ1v) is 9.81. The smallest absolute Gasteiger partial charge is 0.324 e. The largest absolute Gasteiger partial charge is 0.341 e. The molecule has 10 heteroatoms. The number of nitro groups is 1. The molecule has 2 aliphatic heterocycles. The van der Waals surface area contributed by atoms with Gasteiger partial charge in [0.2, 0.25) is 5.91 Å². The predicted octanol–water partition coefficient (Wildman–Crippen LogP) is 2.14. The Morgan fingerprint density at radius 3 is 2.56 bits per heavy atom. The standard InChI is InChI=1S/C17H24N4O4S.ClH/c1-18-11-12-6-9-19(10-7-12)16(22)13-3-2-8-20(13)17(23)14-4-5-15(26-14)21(24)25;/h4-5,12-13,18H,2-3,6-11H2,1H3;1H. The van der Waals surface area contributed by atoms with Crippen molar-refractivity contribution in [1.82, 2.24) is 15.1 Å². The first kappa shape index (κ1) is 21.6. The Bertz CT molecular complexity index is 690. The van der Waals surface area contributed by atoms with Crippen LogP contribution < -0.4 is 5.32 Å². The van der Waals surface area contributed by atoms with Gasteiger partial charge in [-0.05, 0) is 51.3 Å². The Kier molecular flexibility index (Phi) is 7.58. The molecule has 1 unspecified atom stereocenters. The maximum absolute atomic E-state index is 12.9. The molecule has 0 aliphatic carbocycles. The predicted molar refractivity (Wildman–Crippen MR) is 106 cm³/mol. The van der Waals surface area contributed by atoms with Gasteiger partial charge < -0.3 is 15.1 Å². The number of piperidine rings is 1. The quantitative estimate of drug-likeness (QED) is 0.586. The van der Waals surface area contributed by atoms with Gasteiger partial charge in [-0.25, -0.2) is 0 Å². The number of likely N-dealkylation sites (tertiary alicyclic amines) is 2. The topological polar surface area (TPSA) is 95.8 Å². The Morgan fingerprint density at radius 2 is 1.96 bits per heavy atom. The van der Waals surface area contributed by atoms with E-state index in [1.54, 1.807) is 4.90 Å². The van der Waals surface area contributed by atoms with Gasteiger partial charge >= 0.3 is 5.00 Å². The number of nitrogens with zero attached hydrogens (tertiary/aromatic N) is 3. The van der Waals surface area contributed by atoms with Crippen LogP contribution in [-0.2, 0) is 4.79 Å². The summed E-state index contributed by atoms with van der Waals surface area (Å²) < 4.78 is 0. The van der Waals surface area contributed by atoms with Crippen molar-refractivity contribution in [3.05, 3.63) is 27.1 Å². The minimum atomic E-state index is -0.497. The maximum Gasteiger partial charge on any atom is 0.324 e. The highest BCUT2D eigenvalue weighted by molar-refractivity contribution is 7.17. The van der Waals surface area contributed by atoms with Crippen LogP contribution >= 0.6 is 23.7 Å². The number of carbonyl (C=O) groups is 2. The normalized spacial score (nSPS) is 20.4. The second-order valence-corrected chi connectivity index (χ2v) is 7.94. The molecule has 3 rings (SSSR count). The van der Waals surface area contributed by atoms with Crippen molar-refractivity contribution < 1.29 is 14.5 Å². The summed E-state index contributed by atoms with van der Waals surface area (Å²) in [6, 6.07) is 2.38. The number of hydrogen-bond donors (Lipinski definition) is 1. The van der Waals surface area contributed by atoms with Crippen LogP contribution in [0.2, 0.25) is 0 Å². The number of nitrogens with one attached hydrogen (secondary N) is 1. The van der Waals surface area contributed by atoms with Gasteiger partial charge in [0.1, 0.15) is 6.04 Å². The van der Waals surface area contributed by atoms with E-state index in [2.05, 4.69) is 5.32 Å². The zero-order valence-corrected chi connectivity index (χ0v) is 16.9. The molecule has 2 fully saturated rings. The highest BCUT2D eigenvalue weighted by Crippen LogP contribution is 2.29. The fourth-order valence-corrected chi connectivity index (χ4v) is 4.58. The monoisotopic (exact) mass is 416 g/mol. The van der Waals surface area contributed by atoms with Gasteiger partial charge in [-0.2, -0.15) is 0 Å². The summed E-state index contributed by atoms with van der Waals surface area (Å²) in [6.07, 6.45) is 3.40. The van der Waals surface area contributed by atoms with Crippen LogP contribution in [0.15, 0.2) is 12.1 Å². The first-order valence-electron chi connectivity index (χ1n) is 9.00. The van der Waals surface area contributed by atoms with Gasteiger partial charge in [0.25, 0.3) is 5.91 Å². The summed E-state index contributed by atoms with van der Waals surface area (Å²) in [7, 11) is 1.94. The lowest BCUT2D eigenvalue weighted by molar-refractivity contribution is -0.380. The molecule has 1 aromatic heterocycles. The molecule has 8 nitrogen and oxygen atoms in total. The van der Waals surface area contributed by atoms with Crippen molar-refractivity contribution in [3.8, 4) is 0 Å². The molecule has 3 heterocycles. The third kappa shape index (κ3) is 4.77.